The van der Waals surface area contributed by atoms with E-state index in [-0.39, 0.29) is 17.3 Å². The number of carbonyl (C=O) groups is 1. The van der Waals surface area contributed by atoms with E-state index in [9.17, 15) is 13.2 Å². The fraction of sp³-hybridized carbons (Fsp3) is 0.300. The van der Waals surface area contributed by atoms with Gasteiger partial charge in [0.15, 0.2) is 5.82 Å². The first kappa shape index (κ1) is 22.4. The van der Waals surface area contributed by atoms with E-state index in [0.717, 1.165) is 17.0 Å². The summed E-state index contributed by atoms with van der Waals surface area (Å²) in [6.07, 6.45) is 0. The zero-order valence-corrected chi connectivity index (χ0v) is 18.6. The minimum absolute atomic E-state index is 0.117. The lowest BCUT2D eigenvalue weighted by molar-refractivity contribution is -0.114. The molecule has 11 heteroatoms. The summed E-state index contributed by atoms with van der Waals surface area (Å²) in [5, 5.41) is 18.4. The average molecular weight is 444 g/mol. The van der Waals surface area contributed by atoms with Gasteiger partial charge in [0.05, 0.1) is 10.6 Å². The van der Waals surface area contributed by atoms with Gasteiger partial charge in [-0.25, -0.2) is 17.8 Å². The number of hydrogen-bond acceptors (Lipinski definition) is 7. The predicted molar refractivity (Wildman–Crippen MR) is 118 cm³/mol. The average Bonchev–Trinajstić information content (AvgIpc) is 2.99. The fourth-order valence-corrected chi connectivity index (χ4v) is 3.89. The maximum absolute atomic E-state index is 12.4. The molecule has 0 aliphatic heterocycles. The summed E-state index contributed by atoms with van der Waals surface area (Å²) in [7, 11) is -3.66. The lowest BCUT2D eigenvalue weighted by Gasteiger charge is -2.09. The van der Waals surface area contributed by atoms with Gasteiger partial charge in [0, 0.05) is 31.4 Å². The van der Waals surface area contributed by atoms with Gasteiger partial charge in [-0.2, -0.15) is 5.10 Å². The molecule has 0 aliphatic rings. The maximum Gasteiger partial charge on any atom is 0.240 e. The Kier molecular flexibility index (Phi) is 6.66. The zero-order chi connectivity index (χ0) is 22.6. The molecule has 0 spiro atoms. The number of aromatic nitrogens is 4. The fourth-order valence-electron chi connectivity index (χ4n) is 2.86. The van der Waals surface area contributed by atoms with Crippen molar-refractivity contribution in [1.82, 2.24) is 24.7 Å². The molecule has 0 saturated carbocycles. The van der Waals surface area contributed by atoms with Crippen LogP contribution in [0.4, 0.5) is 11.5 Å². The van der Waals surface area contributed by atoms with Crippen LogP contribution in [0.3, 0.4) is 0 Å². The standard InChI is InChI=1S/C20H25N7O3S/c1-13-14(2)26-27(15(13)3)20-10-9-19(24-25-20)21-11-12-22-31(29,30)18-7-5-17(6-8-18)23-16(4)28/h5-10,22H,11-12H2,1-4H3,(H,21,24)(H,23,28). The van der Waals surface area contributed by atoms with Gasteiger partial charge in [-0.15, -0.1) is 10.2 Å². The van der Waals surface area contributed by atoms with Crippen LogP contribution in [0.2, 0.25) is 0 Å². The highest BCUT2D eigenvalue weighted by molar-refractivity contribution is 7.89. The number of nitrogens with one attached hydrogen (secondary N) is 3. The van der Waals surface area contributed by atoms with Crippen LogP contribution in [0.15, 0.2) is 41.3 Å². The third-order valence-electron chi connectivity index (χ3n) is 4.73. The van der Waals surface area contributed by atoms with Crippen LogP contribution in [0.25, 0.3) is 5.82 Å². The van der Waals surface area contributed by atoms with Crippen LogP contribution in [-0.4, -0.2) is 47.4 Å². The van der Waals surface area contributed by atoms with Crippen molar-refractivity contribution < 1.29 is 13.2 Å². The molecule has 0 bridgehead atoms. The Morgan fingerprint density at radius 2 is 1.71 bits per heavy atom. The zero-order valence-electron chi connectivity index (χ0n) is 17.8. The Balaban J connectivity index is 1.53. The Labute approximate surface area is 181 Å². The SMILES string of the molecule is CC(=O)Nc1ccc(S(=O)(=O)NCCNc2ccc(-n3nc(C)c(C)c3C)nn2)cc1. The van der Waals surface area contributed by atoms with E-state index in [0.29, 0.717) is 23.9 Å². The number of carbonyl (C=O) groups excluding carboxylic acids is 1. The first-order chi connectivity index (χ1) is 14.7. The molecule has 2 aromatic heterocycles. The molecule has 0 atom stereocenters. The predicted octanol–water partition coefficient (Wildman–Crippen LogP) is 1.94. The highest BCUT2D eigenvalue weighted by atomic mass is 32.2. The second kappa shape index (κ2) is 9.23. The van der Waals surface area contributed by atoms with Crippen molar-refractivity contribution in [3.05, 3.63) is 53.3 Å². The van der Waals surface area contributed by atoms with E-state index < -0.39 is 10.0 Å². The number of nitrogens with zero attached hydrogens (tertiary/aromatic N) is 4. The van der Waals surface area contributed by atoms with Gasteiger partial charge in [-0.3, -0.25) is 4.79 Å². The third-order valence-corrected chi connectivity index (χ3v) is 6.21. The molecule has 3 aromatic rings. The van der Waals surface area contributed by atoms with Crippen LogP contribution in [-0.2, 0) is 14.8 Å². The van der Waals surface area contributed by atoms with Crippen LogP contribution in [0.1, 0.15) is 23.9 Å². The van der Waals surface area contributed by atoms with Crippen LogP contribution in [0.5, 0.6) is 0 Å². The molecule has 3 rings (SSSR count). The van der Waals surface area contributed by atoms with Gasteiger partial charge in [-0.05, 0) is 62.7 Å². The maximum atomic E-state index is 12.4. The van der Waals surface area contributed by atoms with Crippen molar-refractivity contribution in [1.29, 1.82) is 0 Å². The Morgan fingerprint density at radius 1 is 1.00 bits per heavy atom. The van der Waals surface area contributed by atoms with Crippen LogP contribution < -0.4 is 15.4 Å². The molecule has 1 aromatic carbocycles. The van der Waals surface area contributed by atoms with Gasteiger partial charge < -0.3 is 10.6 Å². The van der Waals surface area contributed by atoms with Crippen LogP contribution in [0, 0.1) is 20.8 Å². The van der Waals surface area contributed by atoms with Crippen molar-refractivity contribution in [3.63, 3.8) is 0 Å². The van der Waals surface area contributed by atoms with E-state index in [4.69, 9.17) is 0 Å². The summed E-state index contributed by atoms with van der Waals surface area (Å²) in [5.41, 5.74) is 3.59. The summed E-state index contributed by atoms with van der Waals surface area (Å²) in [5.74, 6) is 0.921. The lowest BCUT2D eigenvalue weighted by atomic mass is 10.2. The molecule has 2 heterocycles. The molecule has 1 amide bonds. The molecule has 10 nitrogen and oxygen atoms in total. The van der Waals surface area contributed by atoms with Crippen molar-refractivity contribution >= 4 is 27.4 Å². The first-order valence-corrected chi connectivity index (χ1v) is 11.1. The van der Waals surface area contributed by atoms with Crippen molar-refractivity contribution in [2.24, 2.45) is 0 Å². The van der Waals surface area contributed by atoms with Gasteiger partial charge in [0.25, 0.3) is 0 Å². The second-order valence-corrected chi connectivity index (χ2v) is 8.78. The minimum Gasteiger partial charge on any atom is -0.367 e. The molecule has 0 aliphatic carbocycles. The van der Waals surface area contributed by atoms with Gasteiger partial charge in [0.1, 0.15) is 5.82 Å². The number of benzene rings is 1. The number of rotatable bonds is 8. The molecule has 31 heavy (non-hydrogen) atoms. The first-order valence-electron chi connectivity index (χ1n) is 9.65. The molecule has 164 valence electrons. The van der Waals surface area contributed by atoms with Crippen molar-refractivity contribution in [3.8, 4) is 5.82 Å². The number of aryl methyl sites for hydroxylation is 1. The Bertz CT molecular complexity index is 1170. The normalized spacial score (nSPS) is 11.4. The molecule has 0 radical (unpaired) electrons. The van der Waals surface area contributed by atoms with E-state index in [2.05, 4.69) is 30.7 Å². The minimum atomic E-state index is -3.66. The topological polar surface area (TPSA) is 131 Å². The quantitative estimate of drug-likeness (QED) is 0.453. The summed E-state index contributed by atoms with van der Waals surface area (Å²) >= 11 is 0. The van der Waals surface area contributed by atoms with Gasteiger partial charge in [-0.1, -0.05) is 0 Å². The van der Waals surface area contributed by atoms with Crippen LogP contribution >= 0.6 is 0 Å². The molecule has 3 N–H and O–H groups in total. The number of sulfonamides is 1. The highest BCUT2D eigenvalue weighted by Crippen LogP contribution is 2.16. The molecule has 0 fully saturated rings. The van der Waals surface area contributed by atoms with Gasteiger partial charge in [0.2, 0.25) is 15.9 Å². The monoisotopic (exact) mass is 443 g/mol. The number of anilines is 2. The molecule has 0 unspecified atom stereocenters. The number of hydrogen-bond donors (Lipinski definition) is 3. The Hall–Kier alpha value is -3.31. The van der Waals surface area contributed by atoms with Gasteiger partial charge >= 0.3 is 0 Å². The summed E-state index contributed by atoms with van der Waals surface area (Å²) in [4.78, 5) is 11.2. The van der Waals surface area contributed by atoms with E-state index >= 15 is 0 Å². The molecular weight excluding hydrogens is 418 g/mol. The Morgan fingerprint density at radius 3 is 2.26 bits per heavy atom. The van der Waals surface area contributed by atoms with E-state index in [1.165, 1.54) is 31.2 Å². The lowest BCUT2D eigenvalue weighted by Crippen LogP contribution is -2.29. The van der Waals surface area contributed by atoms with Crippen molar-refractivity contribution in [2.45, 2.75) is 32.6 Å². The largest absolute Gasteiger partial charge is 0.367 e. The number of amides is 1. The van der Waals surface area contributed by atoms with Crippen molar-refractivity contribution in [2.75, 3.05) is 23.7 Å². The van der Waals surface area contributed by atoms with E-state index in [1.54, 1.807) is 16.8 Å². The second-order valence-electron chi connectivity index (χ2n) is 7.01. The summed E-state index contributed by atoms with van der Waals surface area (Å²) < 4.78 is 29.0. The smallest absolute Gasteiger partial charge is 0.240 e. The molecule has 0 saturated heterocycles. The molecular formula is C20H25N7O3S. The highest BCUT2D eigenvalue weighted by Gasteiger charge is 2.13. The summed E-state index contributed by atoms with van der Waals surface area (Å²) in [6.45, 7) is 7.81. The van der Waals surface area contributed by atoms with E-state index in [1.807, 2.05) is 20.8 Å². The third kappa shape index (κ3) is 5.44. The summed E-state index contributed by atoms with van der Waals surface area (Å²) in [6, 6.07) is 9.52.